The van der Waals surface area contributed by atoms with Crippen molar-refractivity contribution in [3.8, 4) is 11.5 Å². The molecule has 286 valence electrons. The Morgan fingerprint density at radius 1 is 1.09 bits per heavy atom. The molecule has 3 aliphatic heterocycles. The SMILES string of the molecule is CC/C=C1/C(C)=CC(C(NC(=O)C2CC3(CC(Nc4cccc5c4C(=O)N(C4CCC(=O)NC4=O)C5=O)C3)C2)c2ccc3c(c2)OC(F)(F)O3)=C(O)C1=NC. The van der Waals surface area contributed by atoms with Gasteiger partial charge in [-0.2, -0.15) is 0 Å². The maximum Gasteiger partial charge on any atom is 0.586 e. The first-order valence-electron chi connectivity index (χ1n) is 18.3. The first-order valence-corrected chi connectivity index (χ1v) is 18.3. The molecular formula is C40H39F2N5O8. The highest BCUT2D eigenvalue weighted by atomic mass is 19.3. The van der Waals surface area contributed by atoms with Crippen molar-refractivity contribution in [1.29, 1.82) is 0 Å². The van der Waals surface area contributed by atoms with Crippen LogP contribution in [0.5, 0.6) is 11.5 Å². The molecule has 15 heteroatoms. The molecule has 1 spiro atoms. The van der Waals surface area contributed by atoms with Crippen molar-refractivity contribution in [2.75, 3.05) is 12.4 Å². The molecule has 55 heavy (non-hydrogen) atoms. The van der Waals surface area contributed by atoms with Gasteiger partial charge in [-0.3, -0.25) is 39.2 Å². The summed E-state index contributed by atoms with van der Waals surface area (Å²) >= 11 is 0. The highest BCUT2D eigenvalue weighted by Gasteiger charge is 2.55. The average Bonchev–Trinajstić information content (AvgIpc) is 3.56. The maximum absolute atomic E-state index is 13.9. The Kier molecular flexibility index (Phi) is 8.65. The minimum atomic E-state index is -3.83. The number of piperidine rings is 1. The van der Waals surface area contributed by atoms with Gasteiger partial charge in [0, 0.05) is 42.3 Å². The van der Waals surface area contributed by atoms with Gasteiger partial charge in [0.1, 0.15) is 17.5 Å². The van der Waals surface area contributed by atoms with Crippen LogP contribution in [0.2, 0.25) is 0 Å². The average molecular weight is 756 g/mol. The lowest BCUT2D eigenvalue weighted by Crippen LogP contribution is -2.56. The molecule has 2 aromatic rings. The van der Waals surface area contributed by atoms with Crippen molar-refractivity contribution in [2.45, 2.75) is 83.2 Å². The summed E-state index contributed by atoms with van der Waals surface area (Å²) in [6.07, 6.45) is 3.30. The number of fused-ring (bicyclic) bond motifs is 2. The van der Waals surface area contributed by atoms with E-state index in [-0.39, 0.29) is 64.5 Å². The second-order valence-corrected chi connectivity index (χ2v) is 15.1. The van der Waals surface area contributed by atoms with Crippen LogP contribution in [0, 0.1) is 11.3 Å². The Balaban J connectivity index is 0.958. The smallest absolute Gasteiger partial charge is 0.505 e. The molecule has 3 heterocycles. The van der Waals surface area contributed by atoms with E-state index in [4.69, 9.17) is 4.74 Å². The standard InChI is InChI=1S/C40H39F2N5O8/c1-4-6-23-19(2)13-25(34(49)33(23)43-3)32(20-9-11-28-29(14-20)55-40(41,42)54-28)46-35(50)21-15-39(16-21)17-22(18-39)44-26-8-5-7-24-31(26)38(53)47(37(24)52)27-10-12-30(48)45-36(27)51/h5-9,11,13-14,21-22,27,32,44,49H,4,10,12,15-18H2,1-3H3,(H,46,50)(H,45,48,51)/b23-6-,43-33?. The topological polar surface area (TPSA) is 176 Å². The predicted octanol–water partition coefficient (Wildman–Crippen LogP) is 5.42. The zero-order chi connectivity index (χ0) is 39.0. The van der Waals surface area contributed by atoms with Crippen molar-refractivity contribution in [3.05, 3.63) is 87.7 Å². The van der Waals surface area contributed by atoms with Gasteiger partial charge in [0.2, 0.25) is 17.7 Å². The van der Waals surface area contributed by atoms with Crippen LogP contribution < -0.4 is 25.4 Å². The number of aliphatic hydroxyl groups excluding tert-OH is 1. The summed E-state index contributed by atoms with van der Waals surface area (Å²) in [5.74, 6) is -3.36. The van der Waals surface area contributed by atoms with Gasteiger partial charge < -0.3 is 25.2 Å². The Hall–Kier alpha value is -5.86. The summed E-state index contributed by atoms with van der Waals surface area (Å²) in [5.41, 5.74) is 3.46. The van der Waals surface area contributed by atoms with Gasteiger partial charge in [-0.1, -0.05) is 25.1 Å². The lowest BCUT2D eigenvalue weighted by atomic mass is 9.50. The van der Waals surface area contributed by atoms with E-state index in [0.717, 1.165) is 28.9 Å². The van der Waals surface area contributed by atoms with Crippen LogP contribution in [0.15, 0.2) is 76.0 Å². The number of aliphatic imine (C=N–C) groups is 1. The number of carbonyl (C=O) groups excluding carboxylic acids is 5. The molecule has 2 atom stereocenters. The predicted molar refractivity (Wildman–Crippen MR) is 194 cm³/mol. The number of benzene rings is 2. The molecule has 8 rings (SSSR count). The Morgan fingerprint density at radius 3 is 2.55 bits per heavy atom. The van der Waals surface area contributed by atoms with Crippen molar-refractivity contribution in [1.82, 2.24) is 15.5 Å². The fourth-order valence-corrected chi connectivity index (χ4v) is 8.93. The van der Waals surface area contributed by atoms with Gasteiger partial charge in [0.25, 0.3) is 11.8 Å². The highest BCUT2D eigenvalue weighted by molar-refractivity contribution is 6.25. The van der Waals surface area contributed by atoms with Crippen molar-refractivity contribution >= 4 is 40.9 Å². The summed E-state index contributed by atoms with van der Waals surface area (Å²) in [7, 11) is 1.56. The monoisotopic (exact) mass is 755 g/mol. The van der Waals surface area contributed by atoms with Gasteiger partial charge in [-0.25, -0.2) is 0 Å². The number of anilines is 1. The van der Waals surface area contributed by atoms with Gasteiger partial charge >= 0.3 is 6.29 Å². The lowest BCUT2D eigenvalue weighted by molar-refractivity contribution is -0.286. The van der Waals surface area contributed by atoms with Crippen molar-refractivity contribution in [2.24, 2.45) is 16.3 Å². The number of alkyl halides is 2. The first-order chi connectivity index (χ1) is 26.2. The largest absolute Gasteiger partial charge is 0.586 e. The van der Waals surface area contributed by atoms with Crippen LogP contribution in [0.1, 0.15) is 91.1 Å². The van der Waals surface area contributed by atoms with E-state index in [1.807, 2.05) is 19.9 Å². The maximum atomic E-state index is 13.9. The number of nitrogens with one attached hydrogen (secondary N) is 3. The Morgan fingerprint density at radius 2 is 1.84 bits per heavy atom. The fraction of sp³-hybridized carbons (Fsp3) is 0.400. The minimum Gasteiger partial charge on any atom is -0.505 e. The highest BCUT2D eigenvalue weighted by Crippen LogP contribution is 2.59. The second kappa shape index (κ2) is 13.2. The number of allylic oxidation sites excluding steroid dienone is 3. The number of amides is 5. The summed E-state index contributed by atoms with van der Waals surface area (Å²) in [6, 6.07) is 7.18. The molecule has 1 saturated heterocycles. The molecule has 0 radical (unpaired) electrons. The van der Waals surface area contributed by atoms with Crippen LogP contribution in [0.4, 0.5) is 14.5 Å². The molecule has 3 fully saturated rings. The van der Waals surface area contributed by atoms with Crippen molar-refractivity contribution < 1.29 is 47.3 Å². The third-order valence-electron chi connectivity index (χ3n) is 11.5. The number of rotatable bonds is 8. The number of aliphatic hydroxyl groups is 1. The molecule has 2 saturated carbocycles. The summed E-state index contributed by atoms with van der Waals surface area (Å²) in [4.78, 5) is 70.2. The normalized spacial score (nSPS) is 28.5. The molecule has 2 unspecified atom stereocenters. The van der Waals surface area contributed by atoms with E-state index < -0.39 is 42.0 Å². The van der Waals surface area contributed by atoms with E-state index in [2.05, 4.69) is 25.7 Å². The summed E-state index contributed by atoms with van der Waals surface area (Å²) in [6.45, 7) is 3.84. The zero-order valence-electron chi connectivity index (χ0n) is 30.3. The third-order valence-corrected chi connectivity index (χ3v) is 11.5. The molecule has 5 amide bonds. The summed E-state index contributed by atoms with van der Waals surface area (Å²) in [5, 5.41) is 20.2. The minimum absolute atomic E-state index is 0.0296. The molecule has 4 N–H and O–H groups in total. The third kappa shape index (κ3) is 6.15. The second-order valence-electron chi connectivity index (χ2n) is 15.1. The Labute approximate surface area is 314 Å². The molecular weight excluding hydrogens is 716 g/mol. The molecule has 2 aromatic carbocycles. The number of carbonyl (C=O) groups is 5. The quantitative estimate of drug-likeness (QED) is 0.257. The van der Waals surface area contributed by atoms with Gasteiger partial charge in [0.05, 0.1) is 17.2 Å². The van der Waals surface area contributed by atoms with E-state index >= 15 is 0 Å². The number of ether oxygens (including phenoxy) is 2. The van der Waals surface area contributed by atoms with E-state index in [9.17, 15) is 37.9 Å². The van der Waals surface area contributed by atoms with E-state index in [1.54, 1.807) is 37.4 Å². The van der Waals surface area contributed by atoms with Crippen LogP contribution in [-0.2, 0) is 14.4 Å². The van der Waals surface area contributed by atoms with E-state index in [0.29, 0.717) is 41.8 Å². The molecule has 0 aromatic heterocycles. The first kappa shape index (κ1) is 36.1. The number of imide groups is 2. The fourth-order valence-electron chi connectivity index (χ4n) is 8.93. The van der Waals surface area contributed by atoms with Gasteiger partial charge in [0.15, 0.2) is 11.5 Å². The molecule has 0 bridgehead atoms. The van der Waals surface area contributed by atoms with Gasteiger partial charge in [-0.15, -0.1) is 8.78 Å². The lowest BCUT2D eigenvalue weighted by Gasteiger charge is -2.57. The number of hydrogen-bond donors (Lipinski definition) is 4. The van der Waals surface area contributed by atoms with E-state index in [1.165, 1.54) is 12.1 Å². The zero-order valence-corrected chi connectivity index (χ0v) is 30.3. The van der Waals surface area contributed by atoms with Crippen LogP contribution in [0.3, 0.4) is 0 Å². The van der Waals surface area contributed by atoms with Crippen molar-refractivity contribution in [3.63, 3.8) is 0 Å². The number of nitrogens with zero attached hydrogens (tertiary/aromatic N) is 2. The van der Waals surface area contributed by atoms with Crippen LogP contribution >= 0.6 is 0 Å². The number of hydrogen-bond acceptors (Lipinski definition) is 10. The number of halogens is 2. The Bertz CT molecular complexity index is 2200. The molecule has 13 nitrogen and oxygen atoms in total. The molecule has 6 aliphatic rings. The van der Waals surface area contributed by atoms with Gasteiger partial charge in [-0.05, 0) is 92.3 Å². The summed E-state index contributed by atoms with van der Waals surface area (Å²) < 4.78 is 37.2. The van der Waals surface area contributed by atoms with Crippen LogP contribution in [-0.4, -0.2) is 70.7 Å². The molecule has 3 aliphatic carbocycles. The van der Waals surface area contributed by atoms with Crippen LogP contribution in [0.25, 0.3) is 0 Å².